The SMILES string of the molecule is O=C(Cc1csc(Nc2ncccn2)n1)NCc1c(F)cccc1F. The molecular weight excluding hydrogens is 348 g/mol. The maximum absolute atomic E-state index is 13.5. The van der Waals surface area contributed by atoms with Crippen LogP contribution in [0.5, 0.6) is 0 Å². The highest BCUT2D eigenvalue weighted by Gasteiger charge is 2.12. The summed E-state index contributed by atoms with van der Waals surface area (Å²) in [5, 5.41) is 7.68. The lowest BCUT2D eigenvalue weighted by Crippen LogP contribution is -2.25. The number of halogens is 2. The number of carbonyl (C=O) groups excluding carboxylic acids is 1. The second-order valence-electron chi connectivity index (χ2n) is 5.00. The highest BCUT2D eigenvalue weighted by molar-refractivity contribution is 7.13. The lowest BCUT2D eigenvalue weighted by molar-refractivity contribution is -0.120. The molecule has 1 amide bonds. The Morgan fingerprint density at radius 2 is 1.84 bits per heavy atom. The van der Waals surface area contributed by atoms with Crippen LogP contribution in [0.3, 0.4) is 0 Å². The van der Waals surface area contributed by atoms with Gasteiger partial charge in [0.2, 0.25) is 11.9 Å². The van der Waals surface area contributed by atoms with Gasteiger partial charge in [-0.15, -0.1) is 11.3 Å². The number of rotatable bonds is 6. The van der Waals surface area contributed by atoms with Crippen LogP contribution in [0.4, 0.5) is 19.9 Å². The standard InChI is InChI=1S/C16H13F2N5OS/c17-12-3-1-4-13(18)11(12)8-21-14(24)7-10-9-25-16(22-10)23-15-19-5-2-6-20-15/h1-6,9H,7-8H2,(H,21,24)(H,19,20,22,23). The fourth-order valence-corrected chi connectivity index (χ4v) is 2.72. The van der Waals surface area contributed by atoms with Crippen molar-refractivity contribution in [3.8, 4) is 0 Å². The number of hydrogen-bond donors (Lipinski definition) is 2. The van der Waals surface area contributed by atoms with Crippen molar-refractivity contribution in [2.24, 2.45) is 0 Å². The van der Waals surface area contributed by atoms with Gasteiger partial charge < -0.3 is 10.6 Å². The van der Waals surface area contributed by atoms with Gasteiger partial charge >= 0.3 is 0 Å². The molecule has 3 rings (SSSR count). The van der Waals surface area contributed by atoms with Gasteiger partial charge in [0.05, 0.1) is 12.1 Å². The Bertz CT molecular complexity index is 852. The van der Waals surface area contributed by atoms with Crippen LogP contribution in [0.2, 0.25) is 0 Å². The summed E-state index contributed by atoms with van der Waals surface area (Å²) < 4.78 is 27.0. The normalized spacial score (nSPS) is 10.5. The van der Waals surface area contributed by atoms with E-state index in [1.165, 1.54) is 17.4 Å². The van der Waals surface area contributed by atoms with E-state index in [4.69, 9.17) is 0 Å². The molecule has 0 spiro atoms. The number of nitrogens with zero attached hydrogens (tertiary/aromatic N) is 3. The number of hydrogen-bond acceptors (Lipinski definition) is 6. The molecule has 128 valence electrons. The Balaban J connectivity index is 1.55. The lowest BCUT2D eigenvalue weighted by atomic mass is 10.2. The Hall–Kier alpha value is -2.94. The quantitative estimate of drug-likeness (QED) is 0.706. The average Bonchev–Trinajstić information content (AvgIpc) is 3.02. The molecule has 2 aromatic heterocycles. The molecule has 2 N–H and O–H groups in total. The van der Waals surface area contributed by atoms with Gasteiger partial charge in [0.15, 0.2) is 5.13 Å². The Morgan fingerprint density at radius 3 is 2.56 bits per heavy atom. The van der Waals surface area contributed by atoms with Crippen LogP contribution >= 0.6 is 11.3 Å². The maximum Gasteiger partial charge on any atom is 0.228 e. The smallest absolute Gasteiger partial charge is 0.228 e. The molecule has 0 atom stereocenters. The third-order valence-corrected chi connectivity index (χ3v) is 4.01. The fraction of sp³-hybridized carbons (Fsp3) is 0.125. The third-order valence-electron chi connectivity index (χ3n) is 3.20. The molecule has 3 aromatic rings. The summed E-state index contributed by atoms with van der Waals surface area (Å²) in [6, 6.07) is 5.26. The molecule has 25 heavy (non-hydrogen) atoms. The molecule has 0 unspecified atom stereocenters. The zero-order valence-corrected chi connectivity index (χ0v) is 13.7. The number of carbonyl (C=O) groups is 1. The van der Waals surface area contributed by atoms with Gasteiger partial charge in [-0.1, -0.05) is 6.07 Å². The first-order valence-electron chi connectivity index (χ1n) is 7.30. The van der Waals surface area contributed by atoms with Gasteiger partial charge in [0.25, 0.3) is 0 Å². The van der Waals surface area contributed by atoms with E-state index in [1.807, 2.05) is 0 Å². The number of anilines is 2. The summed E-state index contributed by atoms with van der Waals surface area (Å²) in [5.74, 6) is -1.36. The van der Waals surface area contributed by atoms with Crippen molar-refractivity contribution >= 4 is 28.3 Å². The minimum absolute atomic E-state index is 0.00387. The van der Waals surface area contributed by atoms with Crippen LogP contribution in [-0.2, 0) is 17.8 Å². The van der Waals surface area contributed by atoms with E-state index in [9.17, 15) is 13.6 Å². The molecule has 0 fully saturated rings. The van der Waals surface area contributed by atoms with Crippen molar-refractivity contribution in [2.45, 2.75) is 13.0 Å². The summed E-state index contributed by atoms with van der Waals surface area (Å²) >= 11 is 1.30. The molecule has 0 saturated carbocycles. The second kappa shape index (κ2) is 7.75. The molecule has 0 saturated heterocycles. The molecule has 1 aromatic carbocycles. The van der Waals surface area contributed by atoms with E-state index in [1.54, 1.807) is 23.8 Å². The van der Waals surface area contributed by atoms with Gasteiger partial charge in [-0.2, -0.15) is 0 Å². The van der Waals surface area contributed by atoms with Crippen LogP contribution in [0.15, 0.2) is 42.0 Å². The lowest BCUT2D eigenvalue weighted by Gasteiger charge is -2.06. The van der Waals surface area contributed by atoms with E-state index >= 15 is 0 Å². The molecule has 9 heteroatoms. The first-order valence-corrected chi connectivity index (χ1v) is 8.18. The molecular formula is C16H13F2N5OS. The first-order chi connectivity index (χ1) is 12.1. The fourth-order valence-electron chi connectivity index (χ4n) is 2.02. The van der Waals surface area contributed by atoms with Crippen molar-refractivity contribution in [2.75, 3.05) is 5.32 Å². The van der Waals surface area contributed by atoms with E-state index in [-0.39, 0.29) is 24.4 Å². The largest absolute Gasteiger partial charge is 0.351 e. The van der Waals surface area contributed by atoms with Gasteiger partial charge in [-0.05, 0) is 18.2 Å². The molecule has 2 heterocycles. The van der Waals surface area contributed by atoms with E-state index in [2.05, 4.69) is 25.6 Å². The number of amides is 1. The van der Waals surface area contributed by atoms with Crippen LogP contribution in [0.1, 0.15) is 11.3 Å². The van der Waals surface area contributed by atoms with Crippen LogP contribution in [-0.4, -0.2) is 20.9 Å². The Morgan fingerprint density at radius 1 is 1.12 bits per heavy atom. The number of thiazole rings is 1. The van der Waals surface area contributed by atoms with Crippen molar-refractivity contribution in [1.82, 2.24) is 20.3 Å². The summed E-state index contributed by atoms with van der Waals surface area (Å²) in [5.41, 5.74) is 0.368. The molecule has 0 aliphatic rings. The van der Waals surface area contributed by atoms with Crippen molar-refractivity contribution in [1.29, 1.82) is 0 Å². The first kappa shape index (κ1) is 16.9. The predicted molar refractivity (Wildman–Crippen MR) is 89.3 cm³/mol. The number of nitrogens with one attached hydrogen (secondary N) is 2. The van der Waals surface area contributed by atoms with Gasteiger partial charge in [0, 0.05) is 29.9 Å². The monoisotopic (exact) mass is 361 g/mol. The molecule has 6 nitrogen and oxygen atoms in total. The Kier molecular flexibility index (Phi) is 5.24. The maximum atomic E-state index is 13.5. The number of benzene rings is 1. The van der Waals surface area contributed by atoms with Gasteiger partial charge in [-0.25, -0.2) is 23.7 Å². The van der Waals surface area contributed by atoms with Crippen molar-refractivity contribution < 1.29 is 13.6 Å². The zero-order valence-electron chi connectivity index (χ0n) is 12.9. The highest BCUT2D eigenvalue weighted by Crippen LogP contribution is 2.18. The van der Waals surface area contributed by atoms with Crippen molar-refractivity contribution in [3.63, 3.8) is 0 Å². The van der Waals surface area contributed by atoms with E-state index in [0.29, 0.717) is 16.8 Å². The molecule has 0 radical (unpaired) electrons. The molecule has 0 aliphatic heterocycles. The minimum atomic E-state index is -0.691. The second-order valence-corrected chi connectivity index (χ2v) is 5.85. The predicted octanol–water partition coefficient (Wildman–Crippen LogP) is 2.81. The van der Waals surface area contributed by atoms with Crippen molar-refractivity contribution in [3.05, 3.63) is 64.9 Å². The molecule has 0 bridgehead atoms. The summed E-state index contributed by atoms with van der Waals surface area (Å²) in [7, 11) is 0. The van der Waals surface area contributed by atoms with Crippen LogP contribution in [0, 0.1) is 11.6 Å². The van der Waals surface area contributed by atoms with Crippen LogP contribution < -0.4 is 10.6 Å². The third kappa shape index (κ3) is 4.54. The minimum Gasteiger partial charge on any atom is -0.351 e. The summed E-state index contributed by atoms with van der Waals surface area (Å²) in [6.07, 6.45) is 3.20. The Labute approximate surface area is 146 Å². The molecule has 0 aliphatic carbocycles. The number of aromatic nitrogens is 3. The van der Waals surface area contributed by atoms with E-state index < -0.39 is 11.6 Å². The van der Waals surface area contributed by atoms with Gasteiger partial charge in [-0.3, -0.25) is 4.79 Å². The summed E-state index contributed by atoms with van der Waals surface area (Å²) in [6.45, 7) is -0.218. The average molecular weight is 361 g/mol. The van der Waals surface area contributed by atoms with Gasteiger partial charge in [0.1, 0.15) is 11.6 Å². The topological polar surface area (TPSA) is 79.8 Å². The summed E-state index contributed by atoms with van der Waals surface area (Å²) in [4.78, 5) is 24.2. The highest BCUT2D eigenvalue weighted by atomic mass is 32.1. The van der Waals surface area contributed by atoms with E-state index in [0.717, 1.165) is 12.1 Å². The van der Waals surface area contributed by atoms with Crippen LogP contribution in [0.25, 0.3) is 0 Å². The zero-order chi connectivity index (χ0) is 17.6.